The zero-order valence-corrected chi connectivity index (χ0v) is 15.7. The number of benzene rings is 2. The van der Waals surface area contributed by atoms with Crippen LogP contribution < -0.4 is 5.32 Å². The van der Waals surface area contributed by atoms with Crippen LogP contribution in [0.15, 0.2) is 47.4 Å². The van der Waals surface area contributed by atoms with Gasteiger partial charge in [-0.1, -0.05) is 17.7 Å². The molecule has 142 valence electrons. The van der Waals surface area contributed by atoms with Crippen molar-refractivity contribution in [2.24, 2.45) is 0 Å². The maximum atomic E-state index is 12.7. The highest BCUT2D eigenvalue weighted by molar-refractivity contribution is 7.89. The first-order valence-electron chi connectivity index (χ1n) is 8.14. The number of carbonyl (C=O) groups excluding carboxylic acids is 1. The maximum Gasteiger partial charge on any atom is 0.271 e. The van der Waals surface area contributed by atoms with Crippen LogP contribution in [-0.4, -0.2) is 36.6 Å². The SMILES string of the molecule is O=C(Nc1cccc([N+](=O)[O-])c1)c1ccc(Cl)c(S(=O)(=O)N2CCCC2)c1. The number of hydrogen-bond acceptors (Lipinski definition) is 5. The minimum absolute atomic E-state index is 0.0359. The summed E-state index contributed by atoms with van der Waals surface area (Å²) in [6.07, 6.45) is 1.56. The van der Waals surface area contributed by atoms with Gasteiger partial charge in [0.2, 0.25) is 10.0 Å². The van der Waals surface area contributed by atoms with E-state index in [1.54, 1.807) is 0 Å². The van der Waals surface area contributed by atoms with Crippen molar-refractivity contribution >= 4 is 38.9 Å². The van der Waals surface area contributed by atoms with Crippen molar-refractivity contribution in [1.82, 2.24) is 4.31 Å². The number of sulfonamides is 1. The monoisotopic (exact) mass is 409 g/mol. The molecule has 0 bridgehead atoms. The molecule has 1 amide bonds. The van der Waals surface area contributed by atoms with Gasteiger partial charge in [-0.25, -0.2) is 8.42 Å². The van der Waals surface area contributed by atoms with Crippen molar-refractivity contribution in [3.8, 4) is 0 Å². The number of halogens is 1. The van der Waals surface area contributed by atoms with Crippen molar-refractivity contribution in [2.75, 3.05) is 18.4 Å². The van der Waals surface area contributed by atoms with Crippen molar-refractivity contribution in [1.29, 1.82) is 0 Å². The number of nitrogens with zero attached hydrogens (tertiary/aromatic N) is 2. The maximum absolute atomic E-state index is 12.7. The summed E-state index contributed by atoms with van der Waals surface area (Å²) in [7, 11) is -3.78. The number of non-ortho nitro benzene ring substituents is 1. The van der Waals surface area contributed by atoms with Crippen LogP contribution in [-0.2, 0) is 10.0 Å². The first-order chi connectivity index (χ1) is 12.8. The topological polar surface area (TPSA) is 110 Å². The van der Waals surface area contributed by atoms with Gasteiger partial charge in [-0.2, -0.15) is 4.31 Å². The van der Waals surface area contributed by atoms with Gasteiger partial charge in [-0.15, -0.1) is 0 Å². The zero-order chi connectivity index (χ0) is 19.6. The summed E-state index contributed by atoms with van der Waals surface area (Å²) >= 11 is 6.07. The van der Waals surface area contributed by atoms with Gasteiger partial charge in [-0.05, 0) is 37.1 Å². The van der Waals surface area contributed by atoms with Crippen LogP contribution >= 0.6 is 11.6 Å². The van der Waals surface area contributed by atoms with Gasteiger partial charge < -0.3 is 5.32 Å². The van der Waals surface area contributed by atoms with Crippen molar-refractivity contribution in [2.45, 2.75) is 17.7 Å². The summed E-state index contributed by atoms with van der Waals surface area (Å²) in [5, 5.41) is 13.4. The minimum atomic E-state index is -3.78. The number of nitrogens with one attached hydrogen (secondary N) is 1. The summed E-state index contributed by atoms with van der Waals surface area (Å²) < 4.78 is 26.8. The minimum Gasteiger partial charge on any atom is -0.322 e. The molecular weight excluding hydrogens is 394 g/mol. The molecule has 0 spiro atoms. The number of nitro benzene ring substituents is 1. The largest absolute Gasteiger partial charge is 0.322 e. The summed E-state index contributed by atoms with van der Waals surface area (Å²) in [6, 6.07) is 9.45. The molecule has 10 heteroatoms. The number of amides is 1. The summed E-state index contributed by atoms with van der Waals surface area (Å²) in [6.45, 7) is 0.839. The van der Waals surface area contributed by atoms with Gasteiger partial charge in [0.25, 0.3) is 11.6 Å². The molecule has 0 aliphatic carbocycles. The predicted octanol–water partition coefficient (Wildman–Crippen LogP) is 3.29. The van der Waals surface area contributed by atoms with E-state index in [-0.39, 0.29) is 26.9 Å². The molecule has 2 aromatic carbocycles. The Morgan fingerprint density at radius 1 is 1.15 bits per heavy atom. The van der Waals surface area contributed by atoms with Crippen LogP contribution in [0.1, 0.15) is 23.2 Å². The van der Waals surface area contributed by atoms with Gasteiger partial charge in [0.05, 0.1) is 9.95 Å². The van der Waals surface area contributed by atoms with Crippen molar-refractivity contribution in [3.63, 3.8) is 0 Å². The van der Waals surface area contributed by atoms with Crippen LogP contribution in [0.5, 0.6) is 0 Å². The van der Waals surface area contributed by atoms with Crippen LogP contribution in [0.3, 0.4) is 0 Å². The summed E-state index contributed by atoms with van der Waals surface area (Å²) in [4.78, 5) is 22.6. The molecule has 8 nitrogen and oxygen atoms in total. The Kier molecular flexibility index (Phi) is 5.45. The van der Waals surface area contributed by atoms with E-state index in [0.29, 0.717) is 13.1 Å². The zero-order valence-electron chi connectivity index (χ0n) is 14.1. The quantitative estimate of drug-likeness (QED) is 0.601. The first-order valence-corrected chi connectivity index (χ1v) is 9.96. The van der Waals surface area contributed by atoms with Crippen LogP contribution in [0.4, 0.5) is 11.4 Å². The van der Waals surface area contributed by atoms with Crippen LogP contribution in [0.2, 0.25) is 5.02 Å². The molecule has 3 rings (SSSR count). The highest BCUT2D eigenvalue weighted by atomic mass is 35.5. The highest BCUT2D eigenvalue weighted by Crippen LogP contribution is 2.28. The Labute approximate surface area is 160 Å². The van der Waals surface area contributed by atoms with E-state index in [2.05, 4.69) is 5.32 Å². The number of hydrogen-bond donors (Lipinski definition) is 1. The fraction of sp³-hybridized carbons (Fsp3) is 0.235. The Balaban J connectivity index is 1.88. The summed E-state index contributed by atoms with van der Waals surface area (Å²) in [5.74, 6) is -0.593. The number of anilines is 1. The van der Waals surface area contributed by atoms with E-state index in [4.69, 9.17) is 11.6 Å². The second kappa shape index (κ2) is 7.63. The molecule has 0 aromatic heterocycles. The average Bonchev–Trinajstić information content (AvgIpc) is 3.17. The lowest BCUT2D eigenvalue weighted by atomic mass is 10.2. The van der Waals surface area contributed by atoms with Gasteiger partial charge in [-0.3, -0.25) is 14.9 Å². The number of carbonyl (C=O) groups is 1. The Bertz CT molecular complexity index is 1000. The molecule has 0 unspecified atom stereocenters. The lowest BCUT2D eigenvalue weighted by Crippen LogP contribution is -2.28. The van der Waals surface area contributed by atoms with Gasteiger partial charge in [0.1, 0.15) is 4.90 Å². The fourth-order valence-electron chi connectivity index (χ4n) is 2.81. The van der Waals surface area contributed by atoms with E-state index in [1.165, 1.54) is 46.8 Å². The Morgan fingerprint density at radius 3 is 2.52 bits per heavy atom. The average molecular weight is 410 g/mol. The molecule has 1 fully saturated rings. The first kappa shape index (κ1) is 19.3. The van der Waals surface area contributed by atoms with Crippen LogP contribution in [0.25, 0.3) is 0 Å². The molecule has 0 atom stereocenters. The van der Waals surface area contributed by atoms with Crippen molar-refractivity contribution < 1.29 is 18.1 Å². The molecular formula is C17H16ClN3O5S. The molecule has 0 radical (unpaired) electrons. The number of nitro groups is 1. The normalized spacial score (nSPS) is 14.9. The molecule has 1 aliphatic heterocycles. The third kappa shape index (κ3) is 4.10. The second-order valence-corrected chi connectivity index (χ2v) is 8.33. The smallest absolute Gasteiger partial charge is 0.271 e. The molecule has 0 saturated carbocycles. The van der Waals surface area contributed by atoms with Crippen molar-refractivity contribution in [3.05, 3.63) is 63.2 Å². The molecule has 1 saturated heterocycles. The Morgan fingerprint density at radius 2 is 1.85 bits per heavy atom. The van der Waals surface area contributed by atoms with E-state index in [1.807, 2.05) is 0 Å². The predicted molar refractivity (Wildman–Crippen MR) is 100 cm³/mol. The third-order valence-corrected chi connectivity index (χ3v) is 6.57. The van der Waals surface area contributed by atoms with E-state index >= 15 is 0 Å². The third-order valence-electron chi connectivity index (χ3n) is 4.19. The lowest BCUT2D eigenvalue weighted by Gasteiger charge is -2.17. The molecule has 27 heavy (non-hydrogen) atoms. The Hall–Kier alpha value is -2.49. The fourth-order valence-corrected chi connectivity index (χ4v) is 4.83. The lowest BCUT2D eigenvalue weighted by molar-refractivity contribution is -0.384. The van der Waals surface area contributed by atoms with Crippen LogP contribution in [0, 0.1) is 10.1 Å². The standard InChI is InChI=1S/C17H16ClN3O5S/c18-15-7-6-12(10-16(15)27(25,26)20-8-1-2-9-20)17(22)19-13-4-3-5-14(11-13)21(23)24/h3-7,10-11H,1-2,8-9H2,(H,19,22). The molecule has 1 aliphatic rings. The van der Waals surface area contributed by atoms with E-state index < -0.39 is 20.9 Å². The number of rotatable bonds is 5. The van der Waals surface area contributed by atoms with Gasteiger partial charge >= 0.3 is 0 Å². The highest BCUT2D eigenvalue weighted by Gasteiger charge is 2.29. The second-order valence-electron chi connectivity index (χ2n) is 6.02. The molecule has 1 heterocycles. The van der Waals surface area contributed by atoms with Gasteiger partial charge in [0.15, 0.2) is 0 Å². The molecule has 1 N–H and O–H groups in total. The van der Waals surface area contributed by atoms with E-state index in [0.717, 1.165) is 12.8 Å². The van der Waals surface area contributed by atoms with E-state index in [9.17, 15) is 23.3 Å². The molecule has 2 aromatic rings. The van der Waals surface area contributed by atoms with Gasteiger partial charge in [0, 0.05) is 36.5 Å². The summed E-state index contributed by atoms with van der Waals surface area (Å²) in [5.41, 5.74) is 0.151.